The number of hydrogen-bond donors (Lipinski definition) is 2. The Morgan fingerprint density at radius 3 is 2.15 bits per heavy atom. The normalized spacial score (nSPS) is 40.7. The van der Waals surface area contributed by atoms with Crippen molar-refractivity contribution in [3.63, 3.8) is 0 Å². The second-order valence-corrected chi connectivity index (χ2v) is 16.4. The number of ketones is 1. The van der Waals surface area contributed by atoms with Crippen molar-refractivity contribution in [2.24, 2.45) is 33.5 Å². The highest BCUT2D eigenvalue weighted by Gasteiger charge is 2.74. The van der Waals surface area contributed by atoms with Gasteiger partial charge in [-0.1, -0.05) is 86.7 Å². The van der Waals surface area contributed by atoms with Gasteiger partial charge in [0.05, 0.1) is 11.7 Å². The topological polar surface area (TPSA) is 81.1 Å². The summed E-state index contributed by atoms with van der Waals surface area (Å²) in [6.07, 6.45) is 12.6. The zero-order valence-electron chi connectivity index (χ0n) is 28.3. The van der Waals surface area contributed by atoms with Crippen LogP contribution in [0.25, 0.3) is 11.1 Å². The first-order chi connectivity index (χ1) is 22.4. The third-order valence-corrected chi connectivity index (χ3v) is 14.5. The number of fused-ring (bicyclic) bond motifs is 1. The molecule has 2 aromatic rings. The highest BCUT2D eigenvalue weighted by atomic mass is 16.3. The molecule has 0 radical (unpaired) electrons. The highest BCUT2D eigenvalue weighted by molar-refractivity contribution is 6.10. The minimum Gasteiger partial charge on any atom is -0.393 e. The van der Waals surface area contributed by atoms with E-state index in [1.807, 2.05) is 35.2 Å². The van der Waals surface area contributed by atoms with Crippen molar-refractivity contribution in [1.82, 2.24) is 9.80 Å². The molecular weight excluding hydrogens is 584 g/mol. The maximum Gasteiger partial charge on any atom is 0.219 e. The fourth-order valence-corrected chi connectivity index (χ4v) is 11.8. The third-order valence-electron chi connectivity index (χ3n) is 14.5. The van der Waals surface area contributed by atoms with Crippen LogP contribution in [0.1, 0.15) is 76.1 Å². The minimum absolute atomic E-state index is 0.0486. The maximum atomic E-state index is 14.9. The van der Waals surface area contributed by atoms with E-state index in [0.29, 0.717) is 31.6 Å². The van der Waals surface area contributed by atoms with E-state index >= 15 is 0 Å². The van der Waals surface area contributed by atoms with Crippen molar-refractivity contribution in [3.8, 4) is 11.1 Å². The van der Waals surface area contributed by atoms with Gasteiger partial charge in [0.25, 0.3) is 0 Å². The van der Waals surface area contributed by atoms with E-state index in [0.717, 1.165) is 68.3 Å². The zero-order valence-corrected chi connectivity index (χ0v) is 28.3. The number of benzene rings is 2. The van der Waals surface area contributed by atoms with E-state index in [1.165, 1.54) is 0 Å². The fourth-order valence-electron chi connectivity index (χ4n) is 11.8. The average molecular weight is 635 g/mol. The number of piperazine rings is 1. The van der Waals surface area contributed by atoms with E-state index in [-0.39, 0.29) is 45.9 Å². The minimum atomic E-state index is -0.870. The predicted octanol–water partition coefficient (Wildman–Crippen LogP) is 6.29. The molecule has 2 bridgehead atoms. The fraction of sp³-hybridized carbons (Fsp3) is 0.561. The van der Waals surface area contributed by atoms with Gasteiger partial charge >= 0.3 is 0 Å². The standard InChI is InChI=1S/C41H50N2O4/c1-28(44)43-23-21-42(22-24-43)27-40(47)18-15-35-38(40,3)17-14-34-37(2)16-13-32(45)25-39(37)19-20-41(34,35)33(26-39)36(46)31-11-9-30(10-12-31)29-7-5-4-6-8-29/h4-12,19-20,26,32,34-35,45,47H,13-18,21-25,27H2,1-3H3. The summed E-state index contributed by atoms with van der Waals surface area (Å²) >= 11 is 0. The number of carbonyl (C=O) groups is 2. The quantitative estimate of drug-likeness (QED) is 0.299. The van der Waals surface area contributed by atoms with Gasteiger partial charge in [-0.15, -0.1) is 0 Å². The Morgan fingerprint density at radius 1 is 0.809 bits per heavy atom. The highest BCUT2D eigenvalue weighted by Crippen LogP contribution is 2.78. The lowest BCUT2D eigenvalue weighted by Gasteiger charge is -2.71. The van der Waals surface area contributed by atoms with Gasteiger partial charge < -0.3 is 15.1 Å². The largest absolute Gasteiger partial charge is 0.393 e. The Labute approximate surface area is 279 Å². The van der Waals surface area contributed by atoms with Crippen LogP contribution in [0.15, 0.2) is 78.4 Å². The zero-order chi connectivity index (χ0) is 32.8. The average Bonchev–Trinajstić information content (AvgIpc) is 3.34. The summed E-state index contributed by atoms with van der Waals surface area (Å²) in [5, 5.41) is 23.7. The van der Waals surface area contributed by atoms with Gasteiger partial charge in [-0.3, -0.25) is 14.5 Å². The van der Waals surface area contributed by atoms with Crippen LogP contribution in [0, 0.1) is 33.5 Å². The molecule has 47 heavy (non-hydrogen) atoms. The first-order valence-corrected chi connectivity index (χ1v) is 18.0. The van der Waals surface area contributed by atoms with Crippen molar-refractivity contribution in [3.05, 3.63) is 84.0 Å². The molecule has 2 N–H and O–H groups in total. The Morgan fingerprint density at radius 2 is 1.45 bits per heavy atom. The number of carbonyl (C=O) groups excluding carboxylic acids is 2. The van der Waals surface area contributed by atoms with Crippen LogP contribution in [0.5, 0.6) is 0 Å². The van der Waals surface area contributed by atoms with Gasteiger partial charge in [0.2, 0.25) is 5.91 Å². The number of Topliss-reactive ketones (excluding diaryl/α,β-unsaturated/α-hetero) is 1. The Hall–Kier alpha value is -3.06. The summed E-state index contributed by atoms with van der Waals surface area (Å²) in [7, 11) is 0. The summed E-state index contributed by atoms with van der Waals surface area (Å²) in [5.74, 6) is 0.628. The second-order valence-electron chi connectivity index (χ2n) is 16.4. The molecule has 2 aromatic carbocycles. The summed E-state index contributed by atoms with van der Waals surface area (Å²) in [4.78, 5) is 31.2. The lowest BCUT2D eigenvalue weighted by Crippen LogP contribution is -2.67. The molecule has 7 aliphatic rings. The SMILES string of the molecule is CC(=O)N1CCN(CC2(O)CCC3C45C=CC6(C=C4C(=O)c4ccc(-c7ccccc7)cc4)CC(O)CCC6(C)C5CCC32C)CC1. The van der Waals surface area contributed by atoms with Crippen molar-refractivity contribution in [1.29, 1.82) is 0 Å². The van der Waals surface area contributed by atoms with Gasteiger partial charge in [0.15, 0.2) is 5.78 Å². The summed E-state index contributed by atoms with van der Waals surface area (Å²) in [6.45, 7) is 9.97. The number of β-amino-alcohol motifs (C(OH)–C–C–N with tert-alkyl or cyclic N) is 1. The number of aliphatic hydroxyl groups excluding tert-OH is 1. The first kappa shape index (κ1) is 31.2. The molecule has 2 spiro atoms. The Kier molecular flexibility index (Phi) is 7.12. The molecule has 9 rings (SSSR count). The van der Waals surface area contributed by atoms with Crippen LogP contribution in [0.2, 0.25) is 0 Å². The summed E-state index contributed by atoms with van der Waals surface area (Å²) in [6, 6.07) is 18.4. The van der Waals surface area contributed by atoms with Crippen molar-refractivity contribution >= 4 is 11.7 Å². The molecule has 1 saturated heterocycles. The number of rotatable bonds is 5. The molecule has 1 heterocycles. The predicted molar refractivity (Wildman–Crippen MR) is 183 cm³/mol. The van der Waals surface area contributed by atoms with E-state index in [4.69, 9.17) is 0 Å². The van der Waals surface area contributed by atoms with Gasteiger partial charge in [0, 0.05) is 67.0 Å². The van der Waals surface area contributed by atoms with Crippen LogP contribution in [-0.4, -0.2) is 76.1 Å². The van der Waals surface area contributed by atoms with Crippen LogP contribution >= 0.6 is 0 Å². The number of aliphatic hydroxyl groups is 2. The van der Waals surface area contributed by atoms with Crippen molar-refractivity contribution in [2.75, 3.05) is 32.7 Å². The van der Waals surface area contributed by atoms with Crippen LogP contribution < -0.4 is 0 Å². The Bertz CT molecular complexity index is 1640. The molecular formula is C41H50N2O4. The maximum absolute atomic E-state index is 14.9. The molecule has 0 aromatic heterocycles. The van der Waals surface area contributed by atoms with Gasteiger partial charge in [-0.25, -0.2) is 0 Å². The van der Waals surface area contributed by atoms with Crippen molar-refractivity contribution in [2.45, 2.75) is 77.4 Å². The number of hydrogen-bond acceptors (Lipinski definition) is 5. The van der Waals surface area contributed by atoms with Gasteiger partial charge in [-0.05, 0) is 73.3 Å². The molecule has 4 fully saturated rings. The van der Waals surface area contributed by atoms with E-state index < -0.39 is 11.0 Å². The smallest absolute Gasteiger partial charge is 0.219 e. The number of nitrogens with zero attached hydrogens (tertiary/aromatic N) is 2. The van der Waals surface area contributed by atoms with Crippen molar-refractivity contribution < 1.29 is 19.8 Å². The molecule has 6 nitrogen and oxygen atoms in total. The summed E-state index contributed by atoms with van der Waals surface area (Å²) in [5.41, 5.74) is 1.76. The van der Waals surface area contributed by atoms with E-state index in [9.17, 15) is 19.8 Å². The third kappa shape index (κ3) is 4.33. The monoisotopic (exact) mass is 634 g/mol. The molecule has 1 amide bonds. The van der Waals surface area contributed by atoms with Crippen LogP contribution in [0.3, 0.4) is 0 Å². The number of amides is 1. The Balaban J connectivity index is 1.18. The molecule has 8 unspecified atom stereocenters. The molecule has 6 aliphatic carbocycles. The van der Waals surface area contributed by atoms with Crippen LogP contribution in [-0.2, 0) is 4.79 Å². The van der Waals surface area contributed by atoms with Crippen LogP contribution in [0.4, 0.5) is 0 Å². The summed E-state index contributed by atoms with van der Waals surface area (Å²) < 4.78 is 0. The molecule has 8 atom stereocenters. The number of allylic oxidation sites excluding steroid dienone is 4. The molecule has 6 heteroatoms. The molecule has 3 saturated carbocycles. The lowest BCUT2D eigenvalue weighted by molar-refractivity contribution is -0.177. The first-order valence-electron chi connectivity index (χ1n) is 18.0. The van der Waals surface area contributed by atoms with Gasteiger partial charge in [0.1, 0.15) is 0 Å². The van der Waals surface area contributed by atoms with Gasteiger partial charge in [-0.2, -0.15) is 0 Å². The van der Waals surface area contributed by atoms with E-state index in [2.05, 4.69) is 61.2 Å². The van der Waals surface area contributed by atoms with E-state index in [1.54, 1.807) is 6.92 Å². The molecule has 248 valence electrons. The lowest BCUT2D eigenvalue weighted by atomic mass is 9.32. The molecule has 1 aliphatic heterocycles. The second kappa shape index (κ2) is 10.7.